The highest BCUT2D eigenvalue weighted by molar-refractivity contribution is 7.00. The highest BCUT2D eigenvalue weighted by atomic mass is 35.5. The first-order valence-electron chi connectivity index (χ1n) is 7.37. The molecule has 3 aromatic rings. The topological polar surface area (TPSA) is 64.1 Å². The number of carbonyl (C=O) groups excluding carboxylic acids is 1. The summed E-state index contributed by atoms with van der Waals surface area (Å²) in [6, 6.07) is 7.43. The molecule has 1 heterocycles. The zero-order valence-corrected chi connectivity index (χ0v) is 15.1. The van der Waals surface area contributed by atoms with Gasteiger partial charge in [-0.15, -0.1) is 0 Å². The fourth-order valence-electron chi connectivity index (χ4n) is 2.42. The van der Waals surface area contributed by atoms with Crippen molar-refractivity contribution in [2.24, 2.45) is 0 Å². The summed E-state index contributed by atoms with van der Waals surface area (Å²) in [6.45, 7) is 5.64. The number of nitrogens with zero attached hydrogens (tertiary/aromatic N) is 2. The second-order valence-corrected chi connectivity index (χ2v) is 6.50. The number of carbonyl (C=O) groups is 1. The molecular weight excluding hydrogens is 346 g/mol. The van der Waals surface area contributed by atoms with Crippen molar-refractivity contribution in [2.45, 2.75) is 20.8 Å². The van der Waals surface area contributed by atoms with E-state index in [2.05, 4.69) is 14.1 Å². The Labute approximate surface area is 148 Å². The molecule has 0 aliphatic rings. The van der Waals surface area contributed by atoms with Crippen LogP contribution in [-0.2, 0) is 4.79 Å². The van der Waals surface area contributed by atoms with Gasteiger partial charge in [-0.2, -0.15) is 8.75 Å². The molecule has 5 nitrogen and oxygen atoms in total. The molecule has 0 aliphatic carbocycles. The van der Waals surface area contributed by atoms with Crippen molar-refractivity contribution in [1.82, 2.24) is 8.75 Å². The first-order valence-corrected chi connectivity index (χ1v) is 8.48. The lowest BCUT2D eigenvalue weighted by molar-refractivity contribution is -0.118. The number of rotatable bonds is 4. The van der Waals surface area contributed by atoms with Gasteiger partial charge in [0.1, 0.15) is 16.8 Å². The normalized spacial score (nSPS) is 10.8. The molecule has 7 heteroatoms. The lowest BCUT2D eigenvalue weighted by Crippen LogP contribution is -2.21. The quantitative estimate of drug-likeness (QED) is 0.753. The summed E-state index contributed by atoms with van der Waals surface area (Å²) in [5, 5.41) is 3.58. The number of benzene rings is 2. The second-order valence-electron chi connectivity index (χ2n) is 5.60. The van der Waals surface area contributed by atoms with Gasteiger partial charge in [-0.05, 0) is 55.7 Å². The summed E-state index contributed by atoms with van der Waals surface area (Å²) in [5.41, 5.74) is 4.92. The standard InChI is InChI=1S/C17H16ClN3O2S/c1-9-4-5-13-17(21-24-20-13)16(9)19-14(22)8-23-12-6-10(2)15(18)11(3)7-12/h4-7H,8H2,1-3H3,(H,19,22). The van der Waals surface area contributed by atoms with E-state index >= 15 is 0 Å². The van der Waals surface area contributed by atoms with Crippen LogP contribution in [0.4, 0.5) is 5.69 Å². The zero-order valence-electron chi connectivity index (χ0n) is 13.5. The monoisotopic (exact) mass is 361 g/mol. The number of halogens is 1. The highest BCUT2D eigenvalue weighted by Crippen LogP contribution is 2.27. The van der Waals surface area contributed by atoms with Crippen LogP contribution in [-0.4, -0.2) is 21.3 Å². The molecule has 0 radical (unpaired) electrons. The van der Waals surface area contributed by atoms with Crippen LogP contribution < -0.4 is 10.1 Å². The number of hydrogen-bond donors (Lipinski definition) is 1. The van der Waals surface area contributed by atoms with Crippen LogP contribution in [0.2, 0.25) is 5.02 Å². The molecule has 0 saturated carbocycles. The third-order valence-corrected chi connectivity index (χ3v) is 4.82. The van der Waals surface area contributed by atoms with Crippen LogP contribution in [0, 0.1) is 20.8 Å². The van der Waals surface area contributed by atoms with Crippen molar-refractivity contribution in [3.8, 4) is 5.75 Å². The van der Waals surface area contributed by atoms with Gasteiger partial charge in [0.25, 0.3) is 5.91 Å². The molecule has 24 heavy (non-hydrogen) atoms. The van der Waals surface area contributed by atoms with E-state index < -0.39 is 0 Å². The van der Waals surface area contributed by atoms with Gasteiger partial charge in [0.2, 0.25) is 0 Å². The van der Waals surface area contributed by atoms with E-state index in [1.165, 1.54) is 0 Å². The third-order valence-electron chi connectivity index (χ3n) is 3.68. The lowest BCUT2D eigenvalue weighted by atomic mass is 10.1. The number of nitrogens with one attached hydrogen (secondary N) is 1. The summed E-state index contributed by atoms with van der Waals surface area (Å²) in [7, 11) is 0. The van der Waals surface area contributed by atoms with Gasteiger partial charge in [0.15, 0.2) is 6.61 Å². The summed E-state index contributed by atoms with van der Waals surface area (Å²) < 4.78 is 14.0. The van der Waals surface area contributed by atoms with Gasteiger partial charge in [0, 0.05) is 5.02 Å². The highest BCUT2D eigenvalue weighted by Gasteiger charge is 2.12. The molecule has 3 rings (SSSR count). The van der Waals surface area contributed by atoms with Gasteiger partial charge in [-0.1, -0.05) is 17.7 Å². The molecule has 1 amide bonds. The largest absolute Gasteiger partial charge is 0.484 e. The summed E-state index contributed by atoms with van der Waals surface area (Å²) in [6.07, 6.45) is 0. The maximum Gasteiger partial charge on any atom is 0.262 e. The van der Waals surface area contributed by atoms with Crippen LogP contribution in [0.1, 0.15) is 16.7 Å². The van der Waals surface area contributed by atoms with Crippen molar-refractivity contribution < 1.29 is 9.53 Å². The van der Waals surface area contributed by atoms with Crippen LogP contribution >= 0.6 is 23.3 Å². The summed E-state index contributed by atoms with van der Waals surface area (Å²) in [5.74, 6) is 0.374. The van der Waals surface area contributed by atoms with Crippen molar-refractivity contribution in [3.63, 3.8) is 0 Å². The van der Waals surface area contributed by atoms with Crippen molar-refractivity contribution in [1.29, 1.82) is 0 Å². The minimum atomic E-state index is -0.246. The molecule has 1 aromatic heterocycles. The predicted molar refractivity (Wildman–Crippen MR) is 97.2 cm³/mol. The van der Waals surface area contributed by atoms with E-state index in [9.17, 15) is 4.79 Å². The first kappa shape index (κ1) is 16.7. The van der Waals surface area contributed by atoms with Gasteiger partial charge in [0.05, 0.1) is 17.4 Å². The molecular formula is C17H16ClN3O2S. The molecule has 0 fully saturated rings. The number of hydrogen-bond acceptors (Lipinski definition) is 5. The van der Waals surface area contributed by atoms with E-state index in [0.29, 0.717) is 22.0 Å². The maximum atomic E-state index is 12.2. The average Bonchev–Trinajstić information content (AvgIpc) is 3.02. The minimum absolute atomic E-state index is 0.0894. The number of aryl methyl sites for hydroxylation is 3. The number of ether oxygens (including phenoxy) is 1. The fraction of sp³-hybridized carbons (Fsp3) is 0.235. The predicted octanol–water partition coefficient (Wildman–Crippen LogP) is 4.29. The van der Waals surface area contributed by atoms with E-state index in [1.807, 2.05) is 45.0 Å². The molecule has 0 spiro atoms. The average molecular weight is 362 g/mol. The summed E-state index contributed by atoms with van der Waals surface area (Å²) in [4.78, 5) is 12.2. The van der Waals surface area contributed by atoms with Crippen LogP contribution in [0.15, 0.2) is 24.3 Å². The Hall–Kier alpha value is -2.18. The van der Waals surface area contributed by atoms with Crippen LogP contribution in [0.25, 0.3) is 11.0 Å². The Kier molecular flexibility index (Phi) is 4.69. The molecule has 0 saturated heterocycles. The number of fused-ring (bicyclic) bond motifs is 1. The molecule has 0 bridgehead atoms. The Morgan fingerprint density at radius 3 is 2.58 bits per heavy atom. The van der Waals surface area contributed by atoms with Gasteiger partial charge in [-0.25, -0.2) is 0 Å². The second kappa shape index (κ2) is 6.75. The lowest BCUT2D eigenvalue weighted by Gasteiger charge is -2.11. The van der Waals surface area contributed by atoms with Gasteiger partial charge >= 0.3 is 0 Å². The summed E-state index contributed by atoms with van der Waals surface area (Å²) >= 11 is 7.26. The van der Waals surface area contributed by atoms with Gasteiger partial charge < -0.3 is 10.1 Å². The molecule has 0 aliphatic heterocycles. The molecule has 1 N–H and O–H groups in total. The number of anilines is 1. The van der Waals surface area contributed by atoms with E-state index in [4.69, 9.17) is 16.3 Å². The molecule has 0 atom stereocenters. The molecule has 0 unspecified atom stereocenters. The Balaban J connectivity index is 1.72. The minimum Gasteiger partial charge on any atom is -0.484 e. The Bertz CT molecular complexity index is 900. The van der Waals surface area contributed by atoms with E-state index in [0.717, 1.165) is 33.9 Å². The number of amides is 1. The van der Waals surface area contributed by atoms with Gasteiger partial charge in [-0.3, -0.25) is 4.79 Å². The SMILES string of the molecule is Cc1cc(OCC(=O)Nc2c(C)ccc3nsnc23)cc(C)c1Cl. The van der Waals surface area contributed by atoms with Crippen LogP contribution in [0.3, 0.4) is 0 Å². The molecule has 124 valence electrons. The molecule has 2 aromatic carbocycles. The maximum absolute atomic E-state index is 12.2. The fourth-order valence-corrected chi connectivity index (χ4v) is 3.08. The third kappa shape index (κ3) is 3.34. The smallest absolute Gasteiger partial charge is 0.262 e. The van der Waals surface area contributed by atoms with Crippen molar-refractivity contribution >= 4 is 46.0 Å². The number of aromatic nitrogens is 2. The Morgan fingerprint density at radius 1 is 1.17 bits per heavy atom. The van der Waals surface area contributed by atoms with Crippen LogP contribution in [0.5, 0.6) is 5.75 Å². The van der Waals surface area contributed by atoms with E-state index in [1.54, 1.807) is 0 Å². The Morgan fingerprint density at radius 2 is 1.88 bits per heavy atom. The van der Waals surface area contributed by atoms with E-state index in [-0.39, 0.29) is 12.5 Å². The first-order chi connectivity index (χ1) is 11.5. The zero-order chi connectivity index (χ0) is 17.3. The van der Waals surface area contributed by atoms with Crippen molar-refractivity contribution in [2.75, 3.05) is 11.9 Å². The van der Waals surface area contributed by atoms with Crippen molar-refractivity contribution in [3.05, 3.63) is 46.0 Å².